The standard InChI is InChI=1S/C31H33NO3/c1-2-24-7-3-4-8-26(24)30-22-31(33)28-10-6-5-9-27(28)29(30)21-23-11-13-25(14-12-23)35-20-17-32-15-18-34-19-16-32/h3-14,22,33H,2,15-21H2,1H3. The molecule has 35 heavy (non-hydrogen) atoms. The lowest BCUT2D eigenvalue weighted by Gasteiger charge is -2.26. The van der Waals surface area contributed by atoms with E-state index in [1.54, 1.807) is 0 Å². The Labute approximate surface area is 207 Å². The van der Waals surface area contributed by atoms with Crippen molar-refractivity contribution >= 4 is 10.8 Å². The zero-order chi connectivity index (χ0) is 24.0. The van der Waals surface area contributed by atoms with Gasteiger partial charge in [-0.3, -0.25) is 4.90 Å². The first-order valence-corrected chi connectivity index (χ1v) is 12.6. The van der Waals surface area contributed by atoms with E-state index in [1.165, 1.54) is 22.3 Å². The number of aryl methyl sites for hydroxylation is 1. The van der Waals surface area contributed by atoms with Crippen molar-refractivity contribution in [2.24, 2.45) is 0 Å². The van der Waals surface area contributed by atoms with Gasteiger partial charge < -0.3 is 14.6 Å². The highest BCUT2D eigenvalue weighted by Crippen LogP contribution is 2.39. The van der Waals surface area contributed by atoms with Gasteiger partial charge in [0.15, 0.2) is 0 Å². The minimum atomic E-state index is 0.328. The number of hydrogen-bond acceptors (Lipinski definition) is 4. The maximum absolute atomic E-state index is 10.9. The van der Waals surface area contributed by atoms with Crippen molar-refractivity contribution in [3.8, 4) is 22.6 Å². The smallest absolute Gasteiger partial charge is 0.124 e. The van der Waals surface area contributed by atoms with E-state index in [-0.39, 0.29) is 0 Å². The second-order valence-corrected chi connectivity index (χ2v) is 9.10. The summed E-state index contributed by atoms with van der Waals surface area (Å²) in [4.78, 5) is 2.38. The molecular weight excluding hydrogens is 434 g/mol. The van der Waals surface area contributed by atoms with Crippen LogP contribution in [0.4, 0.5) is 0 Å². The maximum atomic E-state index is 10.9. The van der Waals surface area contributed by atoms with Crippen molar-refractivity contribution < 1.29 is 14.6 Å². The Kier molecular flexibility index (Phi) is 7.31. The molecule has 0 amide bonds. The van der Waals surface area contributed by atoms with Gasteiger partial charge in [-0.15, -0.1) is 0 Å². The summed E-state index contributed by atoms with van der Waals surface area (Å²) in [5.41, 5.74) is 6.03. The molecule has 1 fully saturated rings. The van der Waals surface area contributed by atoms with E-state index in [1.807, 2.05) is 24.3 Å². The highest BCUT2D eigenvalue weighted by atomic mass is 16.5. The topological polar surface area (TPSA) is 41.9 Å². The summed E-state index contributed by atoms with van der Waals surface area (Å²) in [6.07, 6.45) is 1.72. The minimum Gasteiger partial charge on any atom is -0.507 e. The molecule has 0 saturated carbocycles. The van der Waals surface area contributed by atoms with Crippen molar-refractivity contribution in [3.05, 3.63) is 95.6 Å². The number of nitrogens with zero attached hydrogens (tertiary/aromatic N) is 1. The Hall–Kier alpha value is -3.34. The first kappa shape index (κ1) is 23.4. The zero-order valence-electron chi connectivity index (χ0n) is 20.4. The zero-order valence-corrected chi connectivity index (χ0v) is 20.4. The van der Waals surface area contributed by atoms with Crippen LogP contribution in [0.1, 0.15) is 23.6 Å². The van der Waals surface area contributed by atoms with Crippen molar-refractivity contribution in [2.75, 3.05) is 39.5 Å². The summed E-state index contributed by atoms with van der Waals surface area (Å²) in [5, 5.41) is 12.8. The Bertz CT molecular complexity index is 1280. The molecule has 4 aromatic rings. The third kappa shape index (κ3) is 5.34. The molecule has 1 saturated heterocycles. The average Bonchev–Trinajstić information content (AvgIpc) is 2.92. The van der Waals surface area contributed by atoms with Crippen molar-refractivity contribution in [2.45, 2.75) is 19.8 Å². The van der Waals surface area contributed by atoms with Gasteiger partial charge in [0.1, 0.15) is 18.1 Å². The molecule has 0 aliphatic carbocycles. The Morgan fingerprint density at radius 2 is 1.57 bits per heavy atom. The van der Waals surface area contributed by atoms with E-state index in [0.29, 0.717) is 12.4 Å². The Balaban J connectivity index is 1.41. The summed E-state index contributed by atoms with van der Waals surface area (Å²) in [6.45, 7) is 7.36. The van der Waals surface area contributed by atoms with Crippen LogP contribution in [0.5, 0.6) is 11.5 Å². The van der Waals surface area contributed by atoms with Crippen LogP contribution in [0, 0.1) is 0 Å². The van der Waals surface area contributed by atoms with Gasteiger partial charge in [0, 0.05) is 25.0 Å². The number of benzene rings is 4. The second kappa shape index (κ2) is 10.9. The van der Waals surface area contributed by atoms with Crippen LogP contribution in [-0.4, -0.2) is 49.5 Å². The molecule has 180 valence electrons. The van der Waals surface area contributed by atoms with Gasteiger partial charge in [-0.1, -0.05) is 67.6 Å². The summed E-state index contributed by atoms with van der Waals surface area (Å²) >= 11 is 0. The number of rotatable bonds is 8. The van der Waals surface area contributed by atoms with E-state index < -0.39 is 0 Å². The number of aromatic hydroxyl groups is 1. The molecule has 0 spiro atoms. The molecule has 5 rings (SSSR count). The Morgan fingerprint density at radius 1 is 0.857 bits per heavy atom. The predicted molar refractivity (Wildman–Crippen MR) is 142 cm³/mol. The number of phenolic OH excluding ortho intramolecular Hbond substituents is 1. The number of ether oxygens (including phenoxy) is 2. The molecule has 1 aliphatic heterocycles. The second-order valence-electron chi connectivity index (χ2n) is 9.10. The van der Waals surface area contributed by atoms with Gasteiger partial charge in [0.05, 0.1) is 13.2 Å². The lowest BCUT2D eigenvalue weighted by atomic mass is 9.87. The highest BCUT2D eigenvalue weighted by molar-refractivity contribution is 5.97. The van der Waals surface area contributed by atoms with Crippen LogP contribution in [0.3, 0.4) is 0 Å². The van der Waals surface area contributed by atoms with Crippen molar-refractivity contribution in [1.29, 1.82) is 0 Å². The van der Waals surface area contributed by atoms with Crippen LogP contribution in [0.15, 0.2) is 78.9 Å². The van der Waals surface area contributed by atoms with Gasteiger partial charge in [0.25, 0.3) is 0 Å². The lowest BCUT2D eigenvalue weighted by Crippen LogP contribution is -2.38. The molecule has 0 bridgehead atoms. The molecule has 4 aromatic carbocycles. The van der Waals surface area contributed by atoms with Crippen molar-refractivity contribution in [1.82, 2.24) is 4.90 Å². The number of phenols is 1. The average molecular weight is 468 g/mol. The van der Waals surface area contributed by atoms with Crippen molar-refractivity contribution in [3.63, 3.8) is 0 Å². The molecule has 0 aromatic heterocycles. The van der Waals surface area contributed by atoms with Crippen LogP contribution < -0.4 is 4.74 Å². The molecule has 4 nitrogen and oxygen atoms in total. The minimum absolute atomic E-state index is 0.328. The van der Waals surface area contributed by atoms with Crippen LogP contribution in [-0.2, 0) is 17.6 Å². The van der Waals surface area contributed by atoms with Gasteiger partial charge in [0.2, 0.25) is 0 Å². The maximum Gasteiger partial charge on any atom is 0.124 e. The predicted octanol–water partition coefficient (Wildman–Crippen LogP) is 6.08. The van der Waals surface area contributed by atoms with E-state index in [0.717, 1.165) is 67.8 Å². The van der Waals surface area contributed by atoms with E-state index in [2.05, 4.69) is 66.4 Å². The summed E-state index contributed by atoms with van der Waals surface area (Å²) in [7, 11) is 0. The van der Waals surface area contributed by atoms with E-state index in [9.17, 15) is 5.11 Å². The number of morpholine rings is 1. The summed E-state index contributed by atoms with van der Waals surface area (Å²) < 4.78 is 11.4. The SMILES string of the molecule is CCc1ccccc1-c1cc(O)c2ccccc2c1Cc1ccc(OCCN2CCOCC2)cc1. The summed E-state index contributed by atoms with van der Waals surface area (Å²) in [6, 6.07) is 27.0. The van der Waals surface area contributed by atoms with Crippen LogP contribution in [0.2, 0.25) is 0 Å². The molecule has 1 heterocycles. The fourth-order valence-corrected chi connectivity index (χ4v) is 4.96. The third-order valence-corrected chi connectivity index (χ3v) is 6.91. The van der Waals surface area contributed by atoms with Gasteiger partial charge in [-0.25, -0.2) is 0 Å². The molecular formula is C31H33NO3. The van der Waals surface area contributed by atoms with E-state index in [4.69, 9.17) is 9.47 Å². The lowest BCUT2D eigenvalue weighted by molar-refractivity contribution is 0.0322. The summed E-state index contributed by atoms with van der Waals surface area (Å²) in [5.74, 6) is 1.23. The van der Waals surface area contributed by atoms with Gasteiger partial charge >= 0.3 is 0 Å². The molecule has 1 aliphatic rings. The normalized spacial score (nSPS) is 14.3. The quantitative estimate of drug-likeness (QED) is 0.341. The first-order chi connectivity index (χ1) is 17.2. The molecule has 0 atom stereocenters. The van der Waals surface area contributed by atoms with Crippen LogP contribution >= 0.6 is 0 Å². The fraction of sp³-hybridized carbons (Fsp3) is 0.290. The molecule has 1 N–H and O–H groups in total. The number of hydrogen-bond donors (Lipinski definition) is 1. The van der Waals surface area contributed by atoms with Crippen LogP contribution in [0.25, 0.3) is 21.9 Å². The van der Waals surface area contributed by atoms with E-state index >= 15 is 0 Å². The third-order valence-electron chi connectivity index (χ3n) is 6.91. The largest absolute Gasteiger partial charge is 0.507 e. The highest BCUT2D eigenvalue weighted by Gasteiger charge is 2.16. The number of fused-ring (bicyclic) bond motifs is 1. The molecule has 0 radical (unpaired) electrons. The van der Waals surface area contributed by atoms with Gasteiger partial charge in [-0.2, -0.15) is 0 Å². The molecule has 0 unspecified atom stereocenters. The van der Waals surface area contributed by atoms with Gasteiger partial charge in [-0.05, 0) is 64.2 Å². The molecule has 4 heteroatoms. The Morgan fingerprint density at radius 3 is 2.34 bits per heavy atom. The fourth-order valence-electron chi connectivity index (χ4n) is 4.96. The monoisotopic (exact) mass is 467 g/mol. The first-order valence-electron chi connectivity index (χ1n) is 12.6.